The minimum atomic E-state index is 0.624. The van der Waals surface area contributed by atoms with Crippen molar-refractivity contribution in [2.24, 2.45) is 0 Å². The average molecular weight is 361 g/mol. The van der Waals surface area contributed by atoms with Gasteiger partial charge in [-0.2, -0.15) is 5.10 Å². The van der Waals surface area contributed by atoms with Gasteiger partial charge in [-0.3, -0.25) is 0 Å². The number of nitrogens with zero attached hydrogens (tertiary/aromatic N) is 6. The molecule has 0 radical (unpaired) electrons. The van der Waals surface area contributed by atoms with E-state index in [1.54, 1.807) is 17.0 Å². The van der Waals surface area contributed by atoms with Crippen LogP contribution in [0.1, 0.15) is 5.56 Å². The van der Waals surface area contributed by atoms with Gasteiger partial charge in [0.15, 0.2) is 17.1 Å². The Hall–Kier alpha value is -3.25. The summed E-state index contributed by atoms with van der Waals surface area (Å²) in [7, 11) is 0. The highest BCUT2D eigenvalue weighted by atomic mass is 35.5. The zero-order chi connectivity index (χ0) is 17.7. The van der Waals surface area contributed by atoms with E-state index in [-0.39, 0.29) is 0 Å². The summed E-state index contributed by atoms with van der Waals surface area (Å²) < 4.78 is 3.48. The van der Waals surface area contributed by atoms with Crippen molar-refractivity contribution in [2.45, 2.75) is 6.92 Å². The SMILES string of the molecule is Cc1ccc(-n2ncc3c2ncn2nc(-c4ccc(Cl)cc4)nc32)cc1. The third kappa shape index (κ3) is 2.34. The lowest BCUT2D eigenvalue weighted by atomic mass is 10.2. The predicted octanol–water partition coefficient (Wildman–Crippen LogP) is 4.09. The molecule has 0 aliphatic heterocycles. The Bertz CT molecular complexity index is 1240. The number of benzene rings is 2. The van der Waals surface area contributed by atoms with Crippen molar-refractivity contribution in [1.29, 1.82) is 0 Å². The van der Waals surface area contributed by atoms with Crippen LogP contribution >= 0.6 is 11.6 Å². The number of hydrogen-bond donors (Lipinski definition) is 0. The lowest BCUT2D eigenvalue weighted by Gasteiger charge is -2.03. The molecule has 0 atom stereocenters. The summed E-state index contributed by atoms with van der Waals surface area (Å²) in [5.41, 5.74) is 4.53. The number of rotatable bonds is 2. The molecule has 7 heteroatoms. The standard InChI is InChI=1S/C19H13ClN6/c1-12-2-8-15(9-3-12)26-18-16(10-22-26)19-23-17(24-25(19)11-21-18)13-4-6-14(20)7-5-13/h2-11H,1H3. The van der Waals surface area contributed by atoms with Gasteiger partial charge in [0.05, 0.1) is 17.3 Å². The van der Waals surface area contributed by atoms with E-state index >= 15 is 0 Å². The lowest BCUT2D eigenvalue weighted by molar-refractivity contribution is 0.882. The monoisotopic (exact) mass is 360 g/mol. The van der Waals surface area contributed by atoms with Crippen molar-refractivity contribution < 1.29 is 0 Å². The summed E-state index contributed by atoms with van der Waals surface area (Å²) >= 11 is 5.96. The number of fused-ring (bicyclic) bond motifs is 3. The first-order valence-electron chi connectivity index (χ1n) is 8.11. The molecule has 5 aromatic rings. The second kappa shape index (κ2) is 5.64. The Morgan fingerprint density at radius 3 is 2.46 bits per heavy atom. The lowest BCUT2D eigenvalue weighted by Crippen LogP contribution is -1.98. The van der Waals surface area contributed by atoms with Crippen LogP contribution in [0.15, 0.2) is 61.1 Å². The van der Waals surface area contributed by atoms with Gasteiger partial charge in [0, 0.05) is 10.6 Å². The molecular weight excluding hydrogens is 348 g/mol. The molecule has 0 saturated carbocycles. The molecule has 0 saturated heterocycles. The first-order valence-corrected chi connectivity index (χ1v) is 8.49. The Morgan fingerprint density at radius 2 is 1.69 bits per heavy atom. The number of aromatic nitrogens is 6. The molecule has 0 unspecified atom stereocenters. The molecule has 0 spiro atoms. The molecule has 0 amide bonds. The molecule has 126 valence electrons. The van der Waals surface area contributed by atoms with Crippen LogP contribution in [-0.2, 0) is 0 Å². The minimum Gasteiger partial charge on any atom is -0.216 e. The highest BCUT2D eigenvalue weighted by molar-refractivity contribution is 6.30. The van der Waals surface area contributed by atoms with Crippen molar-refractivity contribution in [2.75, 3.05) is 0 Å². The van der Waals surface area contributed by atoms with E-state index in [9.17, 15) is 0 Å². The highest BCUT2D eigenvalue weighted by Gasteiger charge is 2.14. The largest absolute Gasteiger partial charge is 0.216 e. The van der Waals surface area contributed by atoms with Crippen LogP contribution < -0.4 is 0 Å². The second-order valence-corrected chi connectivity index (χ2v) is 6.52. The van der Waals surface area contributed by atoms with E-state index in [1.807, 2.05) is 41.1 Å². The van der Waals surface area contributed by atoms with Gasteiger partial charge in [-0.15, -0.1) is 5.10 Å². The maximum absolute atomic E-state index is 5.96. The van der Waals surface area contributed by atoms with E-state index in [4.69, 9.17) is 11.6 Å². The number of halogens is 1. The maximum atomic E-state index is 5.96. The molecule has 0 aliphatic rings. The molecule has 0 fully saturated rings. The van der Waals surface area contributed by atoms with Crippen molar-refractivity contribution >= 4 is 28.3 Å². The van der Waals surface area contributed by atoms with Crippen LogP contribution in [-0.4, -0.2) is 29.4 Å². The number of aryl methyl sites for hydroxylation is 1. The van der Waals surface area contributed by atoms with E-state index in [2.05, 4.69) is 39.2 Å². The molecule has 26 heavy (non-hydrogen) atoms. The van der Waals surface area contributed by atoms with Crippen molar-refractivity contribution in [3.05, 3.63) is 71.6 Å². The van der Waals surface area contributed by atoms with E-state index in [1.165, 1.54) is 5.56 Å². The first kappa shape index (κ1) is 15.0. The molecule has 6 nitrogen and oxygen atoms in total. The zero-order valence-electron chi connectivity index (χ0n) is 13.8. The topological polar surface area (TPSA) is 60.9 Å². The van der Waals surface area contributed by atoms with Crippen molar-refractivity contribution in [3.8, 4) is 17.1 Å². The molecule has 3 aromatic heterocycles. The van der Waals surface area contributed by atoms with Gasteiger partial charge in [0.25, 0.3) is 0 Å². The van der Waals surface area contributed by atoms with Gasteiger partial charge >= 0.3 is 0 Å². The number of hydrogen-bond acceptors (Lipinski definition) is 4. The third-order valence-electron chi connectivity index (χ3n) is 4.29. The van der Waals surface area contributed by atoms with Crippen molar-refractivity contribution in [1.82, 2.24) is 29.4 Å². The summed E-state index contributed by atoms with van der Waals surface area (Å²) in [5.74, 6) is 0.624. The Morgan fingerprint density at radius 1 is 0.923 bits per heavy atom. The predicted molar refractivity (Wildman–Crippen MR) is 101 cm³/mol. The molecule has 2 aromatic carbocycles. The molecule has 5 rings (SSSR count). The second-order valence-electron chi connectivity index (χ2n) is 6.08. The molecule has 3 heterocycles. The average Bonchev–Trinajstić information content (AvgIpc) is 3.26. The third-order valence-corrected chi connectivity index (χ3v) is 4.54. The molecular formula is C19H13ClN6. The van der Waals surface area contributed by atoms with Gasteiger partial charge in [0.1, 0.15) is 6.33 Å². The Labute approximate surface area is 153 Å². The van der Waals surface area contributed by atoms with Gasteiger partial charge in [0.2, 0.25) is 0 Å². The smallest absolute Gasteiger partial charge is 0.182 e. The minimum absolute atomic E-state index is 0.624. The zero-order valence-corrected chi connectivity index (χ0v) is 14.6. The summed E-state index contributed by atoms with van der Waals surface area (Å²) in [6, 6.07) is 15.6. The summed E-state index contributed by atoms with van der Waals surface area (Å²) in [6.07, 6.45) is 3.44. The van der Waals surface area contributed by atoms with E-state index in [0.717, 1.165) is 27.9 Å². The van der Waals surface area contributed by atoms with Crippen LogP contribution in [0.5, 0.6) is 0 Å². The van der Waals surface area contributed by atoms with Crippen LogP contribution in [0, 0.1) is 6.92 Å². The van der Waals surface area contributed by atoms with Gasteiger partial charge in [-0.05, 0) is 43.3 Å². The summed E-state index contributed by atoms with van der Waals surface area (Å²) in [4.78, 5) is 9.21. The summed E-state index contributed by atoms with van der Waals surface area (Å²) in [6.45, 7) is 2.06. The van der Waals surface area contributed by atoms with Crippen LogP contribution in [0.2, 0.25) is 5.02 Å². The van der Waals surface area contributed by atoms with E-state index < -0.39 is 0 Å². The molecule has 0 aliphatic carbocycles. The van der Waals surface area contributed by atoms with E-state index in [0.29, 0.717) is 10.8 Å². The normalized spacial score (nSPS) is 11.5. The highest BCUT2D eigenvalue weighted by Crippen LogP contribution is 2.23. The fourth-order valence-corrected chi connectivity index (χ4v) is 3.04. The summed E-state index contributed by atoms with van der Waals surface area (Å²) in [5, 5.41) is 10.5. The molecule has 0 N–H and O–H groups in total. The fourth-order valence-electron chi connectivity index (χ4n) is 2.92. The quantitative estimate of drug-likeness (QED) is 0.475. The Balaban J connectivity index is 1.68. The van der Waals surface area contributed by atoms with Gasteiger partial charge < -0.3 is 0 Å². The van der Waals surface area contributed by atoms with Crippen LogP contribution in [0.4, 0.5) is 0 Å². The van der Waals surface area contributed by atoms with Crippen molar-refractivity contribution in [3.63, 3.8) is 0 Å². The fraction of sp³-hybridized carbons (Fsp3) is 0.0526. The van der Waals surface area contributed by atoms with Gasteiger partial charge in [-0.25, -0.2) is 19.2 Å². The molecule has 0 bridgehead atoms. The van der Waals surface area contributed by atoms with Gasteiger partial charge in [-0.1, -0.05) is 29.3 Å². The van der Waals surface area contributed by atoms with Crippen LogP contribution in [0.25, 0.3) is 33.8 Å². The maximum Gasteiger partial charge on any atom is 0.182 e. The van der Waals surface area contributed by atoms with Crippen LogP contribution in [0.3, 0.4) is 0 Å². The first-order chi connectivity index (χ1) is 12.7. The Kier molecular flexibility index (Phi) is 3.26.